The molecular weight excluding hydrogens is 284 g/mol. The Labute approximate surface area is 130 Å². The lowest BCUT2D eigenvalue weighted by Crippen LogP contribution is -2.32. The van der Waals surface area contributed by atoms with Crippen LogP contribution in [0.1, 0.15) is 32.3 Å². The van der Waals surface area contributed by atoms with Crippen LogP contribution in [-0.4, -0.2) is 29.8 Å². The van der Waals surface area contributed by atoms with Gasteiger partial charge in [-0.15, -0.1) is 0 Å². The van der Waals surface area contributed by atoms with Gasteiger partial charge in [-0.05, 0) is 50.2 Å². The van der Waals surface area contributed by atoms with Crippen LogP contribution in [0.15, 0.2) is 29.4 Å². The first-order valence-corrected chi connectivity index (χ1v) is 7.51. The molecule has 6 heteroatoms. The summed E-state index contributed by atoms with van der Waals surface area (Å²) in [5.74, 6) is 0.188. The first kappa shape index (κ1) is 15.4. The van der Waals surface area contributed by atoms with Gasteiger partial charge in [-0.2, -0.15) is 5.10 Å². The minimum Gasteiger partial charge on any atom is -0.362 e. The Morgan fingerprint density at radius 2 is 2.29 bits per heavy atom. The van der Waals surface area contributed by atoms with E-state index in [-0.39, 0.29) is 5.91 Å². The fourth-order valence-electron chi connectivity index (χ4n) is 2.22. The van der Waals surface area contributed by atoms with Crippen LogP contribution >= 0.6 is 12.2 Å². The molecule has 0 aliphatic carbocycles. The summed E-state index contributed by atoms with van der Waals surface area (Å²) >= 11 is 5.07. The summed E-state index contributed by atoms with van der Waals surface area (Å²) in [6, 6.07) is 7.86. The molecule has 1 aliphatic heterocycles. The van der Waals surface area contributed by atoms with Crippen LogP contribution in [0.3, 0.4) is 0 Å². The number of nitrogens with one attached hydrogen (secondary N) is 2. The van der Waals surface area contributed by atoms with E-state index >= 15 is 0 Å². The molecule has 0 bridgehead atoms. The van der Waals surface area contributed by atoms with E-state index in [4.69, 9.17) is 12.2 Å². The molecule has 0 aromatic heterocycles. The Kier molecular flexibility index (Phi) is 5.27. The standard InChI is InChI=1S/C15H20N4OS/c1-3-16-15(21)18-17-11(2)12-6-4-7-13(10-12)19-9-5-8-14(19)20/h4,6-7,10H,3,5,8-9H2,1-2H3,(H2,16,18,21)/b17-11-. The van der Waals surface area contributed by atoms with E-state index in [1.807, 2.05) is 43.0 Å². The Balaban J connectivity index is 2.11. The first-order valence-electron chi connectivity index (χ1n) is 7.10. The zero-order valence-electron chi connectivity index (χ0n) is 12.3. The Bertz CT molecular complexity index is 571. The number of anilines is 1. The molecule has 0 saturated carbocycles. The molecule has 1 aromatic carbocycles. The zero-order chi connectivity index (χ0) is 15.2. The van der Waals surface area contributed by atoms with Crippen molar-refractivity contribution in [2.24, 2.45) is 5.10 Å². The molecule has 2 rings (SSSR count). The van der Waals surface area contributed by atoms with Crippen molar-refractivity contribution < 1.29 is 4.79 Å². The number of carbonyl (C=O) groups excluding carboxylic acids is 1. The number of nitrogens with zero attached hydrogens (tertiary/aromatic N) is 2. The number of hydrazone groups is 1. The average molecular weight is 304 g/mol. The fourth-order valence-corrected chi connectivity index (χ4v) is 2.41. The third kappa shape index (κ3) is 4.01. The van der Waals surface area contributed by atoms with Gasteiger partial charge in [0.05, 0.1) is 5.71 Å². The third-order valence-electron chi connectivity index (χ3n) is 3.31. The van der Waals surface area contributed by atoms with E-state index in [9.17, 15) is 4.79 Å². The van der Waals surface area contributed by atoms with E-state index in [0.717, 1.165) is 36.5 Å². The maximum atomic E-state index is 11.8. The van der Waals surface area contributed by atoms with Crippen LogP contribution in [0.4, 0.5) is 5.69 Å². The van der Waals surface area contributed by atoms with Gasteiger partial charge in [0.2, 0.25) is 5.91 Å². The zero-order valence-corrected chi connectivity index (χ0v) is 13.2. The van der Waals surface area contributed by atoms with Crippen molar-refractivity contribution in [3.8, 4) is 0 Å². The SMILES string of the molecule is CCNC(=S)N/N=C(/C)c1cccc(N2CCCC2=O)c1. The lowest BCUT2D eigenvalue weighted by molar-refractivity contribution is -0.117. The van der Waals surface area contributed by atoms with Crippen molar-refractivity contribution in [1.29, 1.82) is 0 Å². The molecule has 112 valence electrons. The molecule has 1 aromatic rings. The molecule has 0 radical (unpaired) electrons. The smallest absolute Gasteiger partial charge is 0.227 e. The van der Waals surface area contributed by atoms with Crippen molar-refractivity contribution in [3.63, 3.8) is 0 Å². The Morgan fingerprint density at radius 3 is 2.95 bits per heavy atom. The summed E-state index contributed by atoms with van der Waals surface area (Å²) in [6.45, 7) is 5.43. The third-order valence-corrected chi connectivity index (χ3v) is 3.55. The van der Waals surface area contributed by atoms with Crippen LogP contribution in [0.25, 0.3) is 0 Å². The van der Waals surface area contributed by atoms with Gasteiger partial charge in [0.15, 0.2) is 5.11 Å². The number of hydrogen-bond acceptors (Lipinski definition) is 3. The van der Waals surface area contributed by atoms with Gasteiger partial charge in [-0.1, -0.05) is 12.1 Å². The highest BCUT2D eigenvalue weighted by Gasteiger charge is 2.21. The maximum Gasteiger partial charge on any atom is 0.227 e. The van der Waals surface area contributed by atoms with Crippen LogP contribution in [0, 0.1) is 0 Å². The van der Waals surface area contributed by atoms with Crippen molar-refractivity contribution in [3.05, 3.63) is 29.8 Å². The van der Waals surface area contributed by atoms with Crippen LogP contribution in [0.2, 0.25) is 0 Å². The molecule has 1 heterocycles. The van der Waals surface area contributed by atoms with Crippen molar-refractivity contribution in [2.75, 3.05) is 18.0 Å². The minimum atomic E-state index is 0.188. The highest BCUT2D eigenvalue weighted by atomic mass is 32.1. The van der Waals surface area contributed by atoms with Crippen LogP contribution in [0.5, 0.6) is 0 Å². The Morgan fingerprint density at radius 1 is 1.48 bits per heavy atom. The van der Waals surface area contributed by atoms with Crippen molar-refractivity contribution in [1.82, 2.24) is 10.7 Å². The van der Waals surface area contributed by atoms with Gasteiger partial charge in [0.1, 0.15) is 0 Å². The van der Waals surface area contributed by atoms with E-state index in [1.165, 1.54) is 0 Å². The van der Waals surface area contributed by atoms with Crippen LogP contribution in [-0.2, 0) is 4.79 Å². The molecule has 0 spiro atoms. The molecule has 1 saturated heterocycles. The molecule has 1 aliphatic rings. The number of hydrogen-bond donors (Lipinski definition) is 2. The van der Waals surface area contributed by atoms with Crippen molar-refractivity contribution in [2.45, 2.75) is 26.7 Å². The molecule has 0 atom stereocenters. The first-order chi connectivity index (χ1) is 10.1. The summed E-state index contributed by atoms with van der Waals surface area (Å²) in [4.78, 5) is 13.6. The van der Waals surface area contributed by atoms with E-state index in [2.05, 4.69) is 15.8 Å². The van der Waals surface area contributed by atoms with E-state index < -0.39 is 0 Å². The molecule has 0 unspecified atom stereocenters. The molecule has 1 fully saturated rings. The number of amides is 1. The summed E-state index contributed by atoms with van der Waals surface area (Å²) in [5, 5.41) is 7.74. The quantitative estimate of drug-likeness (QED) is 0.508. The lowest BCUT2D eigenvalue weighted by Gasteiger charge is -2.16. The highest BCUT2D eigenvalue weighted by Crippen LogP contribution is 2.22. The predicted octanol–water partition coefficient (Wildman–Crippen LogP) is 2.02. The highest BCUT2D eigenvalue weighted by molar-refractivity contribution is 7.80. The van der Waals surface area contributed by atoms with E-state index in [0.29, 0.717) is 11.5 Å². The predicted molar refractivity (Wildman–Crippen MR) is 89.7 cm³/mol. The second-order valence-corrected chi connectivity index (χ2v) is 5.28. The molecule has 2 N–H and O–H groups in total. The molecule has 1 amide bonds. The van der Waals surface area contributed by atoms with E-state index in [1.54, 1.807) is 0 Å². The number of carbonyl (C=O) groups is 1. The van der Waals surface area contributed by atoms with Crippen LogP contribution < -0.4 is 15.6 Å². The molecule has 21 heavy (non-hydrogen) atoms. The summed E-state index contributed by atoms with van der Waals surface area (Å²) in [7, 11) is 0. The summed E-state index contributed by atoms with van der Waals surface area (Å²) < 4.78 is 0. The summed E-state index contributed by atoms with van der Waals surface area (Å²) in [5.41, 5.74) is 5.53. The van der Waals surface area contributed by atoms with Gasteiger partial charge in [0.25, 0.3) is 0 Å². The van der Waals surface area contributed by atoms with Gasteiger partial charge in [-0.25, -0.2) is 0 Å². The Hall–Kier alpha value is -1.95. The summed E-state index contributed by atoms with van der Waals surface area (Å²) in [6.07, 6.45) is 1.56. The maximum absolute atomic E-state index is 11.8. The van der Waals surface area contributed by atoms with Gasteiger partial charge >= 0.3 is 0 Å². The average Bonchev–Trinajstić information content (AvgIpc) is 2.91. The second-order valence-electron chi connectivity index (χ2n) is 4.87. The fraction of sp³-hybridized carbons (Fsp3) is 0.400. The molecular formula is C15H20N4OS. The van der Waals surface area contributed by atoms with Gasteiger partial charge in [-0.3, -0.25) is 10.2 Å². The van der Waals surface area contributed by atoms with Crippen molar-refractivity contribution >= 4 is 34.6 Å². The largest absolute Gasteiger partial charge is 0.362 e. The number of thiocarbonyl (C=S) groups is 1. The molecule has 5 nitrogen and oxygen atoms in total. The number of benzene rings is 1. The normalized spacial score (nSPS) is 15.2. The monoisotopic (exact) mass is 304 g/mol. The minimum absolute atomic E-state index is 0.188. The topological polar surface area (TPSA) is 56.7 Å². The lowest BCUT2D eigenvalue weighted by atomic mass is 10.1. The van der Waals surface area contributed by atoms with Gasteiger partial charge in [0, 0.05) is 25.2 Å². The van der Waals surface area contributed by atoms with Gasteiger partial charge < -0.3 is 10.2 Å². The number of rotatable bonds is 4. The second kappa shape index (κ2) is 7.17.